The summed E-state index contributed by atoms with van der Waals surface area (Å²) in [5.74, 6) is -2.72. The highest BCUT2D eigenvalue weighted by molar-refractivity contribution is 7.47. The van der Waals surface area contributed by atoms with Crippen molar-refractivity contribution in [1.82, 2.24) is 0 Å². The zero-order valence-corrected chi connectivity index (χ0v) is 38.9. The van der Waals surface area contributed by atoms with Gasteiger partial charge in [-0.3, -0.25) is 23.4 Å². The molecule has 0 aromatic heterocycles. The number of aliphatic hydroxyl groups excluding tert-OH is 2. The topological polar surface area (TPSA) is 212 Å². The van der Waals surface area contributed by atoms with Crippen LogP contribution in [-0.2, 0) is 37.5 Å². The van der Waals surface area contributed by atoms with Gasteiger partial charge >= 0.3 is 25.7 Å². The Morgan fingerprint density at radius 1 is 0.594 bits per heavy atom. The number of carbonyl (C=O) groups is 3. The van der Waals surface area contributed by atoms with Crippen LogP contribution in [0, 0.1) is 0 Å². The van der Waals surface area contributed by atoms with Gasteiger partial charge in [-0.2, -0.15) is 0 Å². The predicted octanol–water partition coefficient (Wildman–Crippen LogP) is 10.1. The third-order valence-electron chi connectivity index (χ3n) is 8.57. The monoisotopic (exact) mass is 914 g/mol. The fourth-order valence-corrected chi connectivity index (χ4v) is 5.80. The van der Waals surface area contributed by atoms with E-state index in [1.807, 2.05) is 67.7 Å². The molecule has 0 fully saturated rings. The standard InChI is InChI=1S/C50H76NO12P/c1-3-5-7-8-9-10-11-12-13-14-15-16-17-18-19-20-24-27-33-40-49(55)63-46(42-61-64(58,59)62-43-47(51)50(56)57)41-60-48(54)39-34-28-32-38-45(53)37-31-26-23-21-22-25-30-36-44(52)35-29-6-4-2/h6,9-10,12-13,15-16,18-19,22-27,29-32,36-38,44-47,52-53H,3-5,7-8,11,14,17,20-21,28,33-35,39-43,51H2,1-2H3,(H,56,57)(H,58,59)/b10-9-,13-12-,16-15-,19-18-,25-22-,26-23-,27-24-,29-6-,36-30+,37-31+,38-32-/t44-,45-,46-,47+/m1/s1. The molecule has 5 atom stereocenters. The number of phosphoric acid groups is 1. The number of allylic oxidation sites excluding steroid dienone is 18. The molecule has 0 spiro atoms. The molecule has 0 aromatic rings. The van der Waals surface area contributed by atoms with E-state index >= 15 is 0 Å². The lowest BCUT2D eigenvalue weighted by molar-refractivity contribution is -0.161. The first-order valence-electron chi connectivity index (χ1n) is 22.4. The molecule has 0 bridgehead atoms. The molecule has 14 heteroatoms. The van der Waals surface area contributed by atoms with Gasteiger partial charge in [0.05, 0.1) is 25.4 Å². The number of carboxylic acids is 1. The molecule has 0 aliphatic rings. The number of ether oxygens (including phenoxy) is 2. The maximum absolute atomic E-state index is 12.6. The summed E-state index contributed by atoms with van der Waals surface area (Å²) in [5, 5.41) is 28.9. The molecule has 0 amide bonds. The van der Waals surface area contributed by atoms with Crippen LogP contribution in [0.4, 0.5) is 0 Å². The number of carbonyl (C=O) groups excluding carboxylic acids is 2. The van der Waals surface area contributed by atoms with E-state index in [0.29, 0.717) is 38.5 Å². The summed E-state index contributed by atoms with van der Waals surface area (Å²) in [5.41, 5.74) is 5.32. The van der Waals surface area contributed by atoms with Crippen molar-refractivity contribution in [3.05, 3.63) is 134 Å². The maximum Gasteiger partial charge on any atom is 0.472 e. The first kappa shape index (κ1) is 59.5. The molecule has 6 N–H and O–H groups in total. The minimum atomic E-state index is -4.80. The molecule has 0 saturated carbocycles. The second-order valence-corrected chi connectivity index (χ2v) is 15.9. The summed E-state index contributed by atoms with van der Waals surface area (Å²) in [6.07, 6.45) is 51.8. The van der Waals surface area contributed by atoms with Crippen LogP contribution in [0.5, 0.6) is 0 Å². The van der Waals surface area contributed by atoms with Crippen LogP contribution in [0.15, 0.2) is 134 Å². The Morgan fingerprint density at radius 3 is 1.77 bits per heavy atom. The number of phosphoric ester groups is 1. The lowest BCUT2D eigenvalue weighted by Crippen LogP contribution is -2.34. The van der Waals surface area contributed by atoms with Crippen molar-refractivity contribution in [2.45, 2.75) is 141 Å². The summed E-state index contributed by atoms with van der Waals surface area (Å²) >= 11 is 0. The molecule has 0 saturated heterocycles. The van der Waals surface area contributed by atoms with Gasteiger partial charge in [0.25, 0.3) is 0 Å². The molecule has 1 unspecified atom stereocenters. The van der Waals surface area contributed by atoms with Crippen LogP contribution in [0.2, 0.25) is 0 Å². The molecule has 0 aromatic carbocycles. The molecule has 0 radical (unpaired) electrons. The molecule has 13 nitrogen and oxygen atoms in total. The Kier molecular flexibility index (Phi) is 39.5. The Labute approximate surface area is 382 Å². The van der Waals surface area contributed by atoms with E-state index in [1.54, 1.807) is 30.4 Å². The van der Waals surface area contributed by atoms with Crippen molar-refractivity contribution in [2.24, 2.45) is 5.73 Å². The molecule has 64 heavy (non-hydrogen) atoms. The lowest BCUT2D eigenvalue weighted by atomic mass is 10.2. The maximum atomic E-state index is 12.6. The van der Waals surface area contributed by atoms with Crippen molar-refractivity contribution in [2.75, 3.05) is 19.8 Å². The number of unbranched alkanes of at least 4 members (excludes halogenated alkanes) is 4. The third-order valence-corrected chi connectivity index (χ3v) is 9.52. The van der Waals surface area contributed by atoms with Crippen LogP contribution in [-0.4, -0.2) is 82.3 Å². The zero-order chi connectivity index (χ0) is 47.4. The van der Waals surface area contributed by atoms with Gasteiger partial charge in [-0.25, -0.2) is 4.57 Å². The van der Waals surface area contributed by atoms with E-state index in [0.717, 1.165) is 32.1 Å². The number of hydrogen-bond donors (Lipinski definition) is 5. The van der Waals surface area contributed by atoms with E-state index in [2.05, 4.69) is 54.0 Å². The number of hydrogen-bond acceptors (Lipinski definition) is 11. The Hall–Kier alpha value is -4.46. The number of aliphatic hydroxyl groups is 2. The molecule has 0 heterocycles. The first-order valence-corrected chi connectivity index (χ1v) is 23.9. The number of aliphatic carboxylic acids is 1. The van der Waals surface area contributed by atoms with Gasteiger partial charge in [0.2, 0.25) is 0 Å². The fourth-order valence-electron chi connectivity index (χ4n) is 5.02. The summed E-state index contributed by atoms with van der Waals surface area (Å²) in [6.45, 7) is 2.29. The summed E-state index contributed by atoms with van der Waals surface area (Å²) in [6, 6.07) is -1.57. The molecule has 0 rings (SSSR count). The Balaban J connectivity index is 4.73. The molecule has 0 aliphatic carbocycles. The van der Waals surface area contributed by atoms with Crippen molar-refractivity contribution in [1.29, 1.82) is 0 Å². The largest absolute Gasteiger partial charge is 0.480 e. The average Bonchev–Trinajstić information content (AvgIpc) is 3.26. The van der Waals surface area contributed by atoms with Gasteiger partial charge in [0.15, 0.2) is 6.10 Å². The highest BCUT2D eigenvalue weighted by Crippen LogP contribution is 2.43. The van der Waals surface area contributed by atoms with Crippen molar-refractivity contribution in [3.63, 3.8) is 0 Å². The van der Waals surface area contributed by atoms with Crippen molar-refractivity contribution in [3.8, 4) is 0 Å². The van der Waals surface area contributed by atoms with Crippen LogP contribution in [0.3, 0.4) is 0 Å². The number of esters is 2. The predicted molar refractivity (Wildman–Crippen MR) is 256 cm³/mol. The second kappa shape index (κ2) is 42.5. The van der Waals surface area contributed by atoms with Gasteiger partial charge in [0.1, 0.15) is 12.6 Å². The summed E-state index contributed by atoms with van der Waals surface area (Å²) < 4.78 is 32.5. The van der Waals surface area contributed by atoms with Gasteiger partial charge in [0, 0.05) is 12.8 Å². The van der Waals surface area contributed by atoms with E-state index < -0.39 is 69.9 Å². The highest BCUT2D eigenvalue weighted by Gasteiger charge is 2.28. The Morgan fingerprint density at radius 2 is 1.16 bits per heavy atom. The normalized spacial score (nSPS) is 15.8. The fraction of sp³-hybridized carbons (Fsp3) is 0.500. The molecule has 358 valence electrons. The minimum absolute atomic E-state index is 0.0109. The highest BCUT2D eigenvalue weighted by atomic mass is 31.2. The average molecular weight is 914 g/mol. The number of rotatable bonds is 39. The van der Waals surface area contributed by atoms with Crippen LogP contribution in [0.1, 0.15) is 117 Å². The van der Waals surface area contributed by atoms with Gasteiger partial charge in [-0.1, -0.05) is 160 Å². The summed E-state index contributed by atoms with van der Waals surface area (Å²) in [4.78, 5) is 46.0. The van der Waals surface area contributed by atoms with E-state index in [1.165, 1.54) is 19.3 Å². The van der Waals surface area contributed by atoms with Crippen LogP contribution >= 0.6 is 7.82 Å². The third kappa shape index (κ3) is 41.5. The quantitative estimate of drug-likeness (QED) is 0.0128. The van der Waals surface area contributed by atoms with E-state index in [9.17, 15) is 34.1 Å². The molecular formula is C50H76NO12P. The van der Waals surface area contributed by atoms with Crippen molar-refractivity contribution >= 4 is 25.7 Å². The van der Waals surface area contributed by atoms with Gasteiger partial charge < -0.3 is 35.4 Å². The minimum Gasteiger partial charge on any atom is -0.480 e. The molecular weight excluding hydrogens is 838 g/mol. The zero-order valence-electron chi connectivity index (χ0n) is 38.0. The first-order chi connectivity index (χ1) is 30.9. The van der Waals surface area contributed by atoms with E-state index in [-0.39, 0.29) is 12.8 Å². The van der Waals surface area contributed by atoms with Crippen LogP contribution < -0.4 is 5.73 Å². The van der Waals surface area contributed by atoms with Crippen LogP contribution in [0.25, 0.3) is 0 Å². The van der Waals surface area contributed by atoms with E-state index in [4.69, 9.17) is 24.8 Å². The van der Waals surface area contributed by atoms with Crippen molar-refractivity contribution < 1.29 is 57.7 Å². The van der Waals surface area contributed by atoms with Gasteiger partial charge in [-0.15, -0.1) is 0 Å². The molecule has 0 aliphatic heterocycles. The summed E-state index contributed by atoms with van der Waals surface area (Å²) in [7, 11) is -4.80. The van der Waals surface area contributed by atoms with Gasteiger partial charge in [-0.05, 0) is 77.0 Å². The number of carboxylic acid groups (broad SMARTS) is 1. The Bertz CT molecular complexity index is 1620. The second-order valence-electron chi connectivity index (χ2n) is 14.5. The SMILES string of the molecule is CC/C=C\C[C@@H](O)/C=C/C=C\C/C=C\C=C\[C@@H](O)/C=C\CCCC(=O)OC[C@H](COP(=O)(O)OC[C@H](N)C(=O)O)OC(=O)CC/C=C\C/C=C\C/C=C\C/C=C\C/C=C\CCCCC. The lowest BCUT2D eigenvalue weighted by Gasteiger charge is -2.20. The number of nitrogens with two attached hydrogens (primary N) is 1. The smallest absolute Gasteiger partial charge is 0.472 e.